The number of phenols is 1. The molecule has 0 aliphatic heterocycles. The van der Waals surface area contributed by atoms with Gasteiger partial charge in [0.05, 0.1) is 11.6 Å². The van der Waals surface area contributed by atoms with E-state index in [1.165, 1.54) is 0 Å². The largest absolute Gasteiger partial charge is 0.508 e. The van der Waals surface area contributed by atoms with Crippen molar-refractivity contribution < 1.29 is 5.11 Å². The molecule has 0 aliphatic rings. The topological polar surface area (TPSA) is 44.0 Å². The van der Waals surface area contributed by atoms with E-state index in [1.807, 2.05) is 13.8 Å². The van der Waals surface area contributed by atoms with Crippen molar-refractivity contribution in [3.05, 3.63) is 35.4 Å². The number of phenolic OH excluding ortho intramolecular Hbond substituents is 1. The summed E-state index contributed by atoms with van der Waals surface area (Å²) in [5, 5.41) is 18.0. The summed E-state index contributed by atoms with van der Waals surface area (Å²) in [7, 11) is 0. The van der Waals surface area contributed by atoms with Gasteiger partial charge in [-0.3, -0.25) is 0 Å². The van der Waals surface area contributed by atoms with E-state index in [1.54, 1.807) is 24.3 Å². The molecule has 0 bridgehead atoms. The number of hydrogen-bond acceptors (Lipinski definition) is 2. The molecule has 0 amide bonds. The second-order valence-corrected chi connectivity index (χ2v) is 2.82. The average Bonchev–Trinajstić information content (AvgIpc) is 2.13. The van der Waals surface area contributed by atoms with Gasteiger partial charge in [0.15, 0.2) is 0 Å². The number of benzene rings is 1. The Labute approximate surface area is 77.8 Å². The highest BCUT2D eigenvalue weighted by atomic mass is 16.3. The summed E-state index contributed by atoms with van der Waals surface area (Å²) in [6, 6.07) is 7.23. The summed E-state index contributed by atoms with van der Waals surface area (Å²) in [6.45, 7) is 3.63. The van der Waals surface area contributed by atoms with Gasteiger partial charge in [0, 0.05) is 0 Å². The van der Waals surface area contributed by atoms with Crippen molar-refractivity contribution in [3.8, 4) is 11.8 Å². The van der Waals surface area contributed by atoms with Crippen LogP contribution >= 0.6 is 0 Å². The Morgan fingerprint density at radius 2 is 2.23 bits per heavy atom. The predicted molar refractivity (Wildman–Crippen MR) is 52.1 cm³/mol. The molecule has 1 rings (SSSR count). The monoisotopic (exact) mass is 173 g/mol. The predicted octanol–water partition coefficient (Wildman–Crippen LogP) is 2.63. The van der Waals surface area contributed by atoms with Gasteiger partial charge in [-0.15, -0.1) is 0 Å². The van der Waals surface area contributed by atoms with Crippen molar-refractivity contribution in [2.24, 2.45) is 0 Å². The standard InChI is InChI=1S/C11H11NO/c1-3-9(7-12)10-4-5-11(13)8(2)6-10/h3-6,13H,1-2H3/b9-3-. The fourth-order valence-corrected chi connectivity index (χ4v) is 1.12. The lowest BCUT2D eigenvalue weighted by Crippen LogP contribution is -1.82. The van der Waals surface area contributed by atoms with Crippen LogP contribution in [0.5, 0.6) is 5.75 Å². The van der Waals surface area contributed by atoms with Gasteiger partial charge < -0.3 is 5.11 Å². The molecule has 0 fully saturated rings. The van der Waals surface area contributed by atoms with Gasteiger partial charge in [0.1, 0.15) is 5.75 Å². The van der Waals surface area contributed by atoms with Crippen molar-refractivity contribution in [3.63, 3.8) is 0 Å². The summed E-state index contributed by atoms with van der Waals surface area (Å²) >= 11 is 0. The zero-order valence-electron chi connectivity index (χ0n) is 7.70. The molecule has 1 aromatic carbocycles. The van der Waals surface area contributed by atoms with Crippen LogP contribution in [0.15, 0.2) is 24.3 Å². The highest BCUT2D eigenvalue weighted by molar-refractivity contribution is 5.77. The third kappa shape index (κ3) is 1.88. The van der Waals surface area contributed by atoms with Crippen LogP contribution in [0, 0.1) is 18.3 Å². The van der Waals surface area contributed by atoms with Crippen molar-refractivity contribution in [2.75, 3.05) is 0 Å². The zero-order chi connectivity index (χ0) is 9.84. The van der Waals surface area contributed by atoms with E-state index in [0.717, 1.165) is 11.1 Å². The van der Waals surface area contributed by atoms with Crippen molar-refractivity contribution in [1.82, 2.24) is 0 Å². The molecule has 2 nitrogen and oxygen atoms in total. The summed E-state index contributed by atoms with van der Waals surface area (Å²) in [5.74, 6) is 0.261. The first-order valence-electron chi connectivity index (χ1n) is 4.05. The van der Waals surface area contributed by atoms with E-state index >= 15 is 0 Å². The van der Waals surface area contributed by atoms with Crippen LogP contribution < -0.4 is 0 Å². The van der Waals surface area contributed by atoms with Gasteiger partial charge in [0.25, 0.3) is 0 Å². The lowest BCUT2D eigenvalue weighted by Gasteiger charge is -2.01. The van der Waals surface area contributed by atoms with E-state index < -0.39 is 0 Å². The maximum Gasteiger partial charge on any atom is 0.118 e. The molecular formula is C11H11NO. The molecule has 0 aliphatic carbocycles. The summed E-state index contributed by atoms with van der Waals surface area (Å²) in [5.41, 5.74) is 2.26. The van der Waals surface area contributed by atoms with Crippen LogP contribution in [0.3, 0.4) is 0 Å². The normalized spacial score (nSPS) is 11.0. The summed E-state index contributed by atoms with van der Waals surface area (Å²) < 4.78 is 0. The third-order valence-electron chi connectivity index (χ3n) is 1.92. The maximum absolute atomic E-state index is 9.27. The fraction of sp³-hybridized carbons (Fsp3) is 0.182. The Hall–Kier alpha value is -1.75. The summed E-state index contributed by atoms with van der Waals surface area (Å²) in [6.07, 6.45) is 1.76. The number of nitriles is 1. The number of hydrogen-bond donors (Lipinski definition) is 1. The molecule has 2 heteroatoms. The van der Waals surface area contributed by atoms with Gasteiger partial charge in [-0.25, -0.2) is 0 Å². The molecule has 0 atom stereocenters. The number of rotatable bonds is 1. The highest BCUT2D eigenvalue weighted by Crippen LogP contribution is 2.21. The van der Waals surface area contributed by atoms with Crippen LogP contribution in [0.4, 0.5) is 0 Å². The van der Waals surface area contributed by atoms with Crippen molar-refractivity contribution in [1.29, 1.82) is 5.26 Å². The first kappa shape index (κ1) is 9.34. The van der Waals surface area contributed by atoms with Gasteiger partial charge in [0.2, 0.25) is 0 Å². The van der Waals surface area contributed by atoms with Crippen LogP contribution in [0.1, 0.15) is 18.1 Å². The summed E-state index contributed by atoms with van der Waals surface area (Å²) in [4.78, 5) is 0. The van der Waals surface area contributed by atoms with E-state index in [0.29, 0.717) is 5.57 Å². The second kappa shape index (κ2) is 3.77. The van der Waals surface area contributed by atoms with Crippen LogP contribution in [0.25, 0.3) is 5.57 Å². The first-order chi connectivity index (χ1) is 6.19. The number of aryl methyl sites for hydroxylation is 1. The van der Waals surface area contributed by atoms with Gasteiger partial charge in [-0.1, -0.05) is 6.08 Å². The van der Waals surface area contributed by atoms with Gasteiger partial charge >= 0.3 is 0 Å². The molecule has 0 unspecified atom stereocenters. The Bertz CT molecular complexity index is 386. The molecule has 13 heavy (non-hydrogen) atoms. The molecular weight excluding hydrogens is 162 g/mol. The van der Waals surface area contributed by atoms with Gasteiger partial charge in [-0.2, -0.15) is 5.26 Å². The van der Waals surface area contributed by atoms with E-state index in [-0.39, 0.29) is 5.75 Å². The van der Waals surface area contributed by atoms with Crippen LogP contribution in [0.2, 0.25) is 0 Å². The Kier molecular flexibility index (Phi) is 2.71. The Balaban J connectivity index is 3.20. The molecule has 1 aromatic rings. The zero-order valence-corrected chi connectivity index (χ0v) is 7.70. The number of allylic oxidation sites excluding steroid dienone is 2. The van der Waals surface area contributed by atoms with Crippen molar-refractivity contribution in [2.45, 2.75) is 13.8 Å². The van der Waals surface area contributed by atoms with E-state index in [4.69, 9.17) is 5.26 Å². The molecule has 0 spiro atoms. The first-order valence-corrected chi connectivity index (χ1v) is 4.05. The average molecular weight is 173 g/mol. The minimum Gasteiger partial charge on any atom is -0.508 e. The van der Waals surface area contributed by atoms with Crippen LogP contribution in [-0.4, -0.2) is 5.11 Å². The fourth-order valence-electron chi connectivity index (χ4n) is 1.12. The van der Waals surface area contributed by atoms with E-state index in [2.05, 4.69) is 6.07 Å². The molecule has 0 aromatic heterocycles. The van der Waals surface area contributed by atoms with Gasteiger partial charge in [-0.05, 0) is 43.2 Å². The lowest BCUT2D eigenvalue weighted by atomic mass is 10.0. The molecule has 0 radical (unpaired) electrons. The minimum absolute atomic E-state index is 0.261. The Morgan fingerprint density at radius 1 is 1.54 bits per heavy atom. The maximum atomic E-state index is 9.27. The molecule has 1 N–H and O–H groups in total. The Morgan fingerprint density at radius 3 is 2.69 bits per heavy atom. The number of aromatic hydroxyl groups is 1. The van der Waals surface area contributed by atoms with E-state index in [9.17, 15) is 5.11 Å². The highest BCUT2D eigenvalue weighted by Gasteiger charge is 2.01. The lowest BCUT2D eigenvalue weighted by molar-refractivity contribution is 0.471. The molecule has 66 valence electrons. The van der Waals surface area contributed by atoms with Crippen molar-refractivity contribution >= 4 is 5.57 Å². The number of nitrogens with zero attached hydrogens (tertiary/aromatic N) is 1. The third-order valence-corrected chi connectivity index (χ3v) is 1.92. The molecule has 0 saturated heterocycles. The molecule has 0 saturated carbocycles. The minimum atomic E-state index is 0.261. The second-order valence-electron chi connectivity index (χ2n) is 2.82. The smallest absolute Gasteiger partial charge is 0.118 e. The molecule has 0 heterocycles. The quantitative estimate of drug-likeness (QED) is 0.663. The SMILES string of the molecule is C/C=C(/C#N)c1ccc(O)c(C)c1. The van der Waals surface area contributed by atoms with Crippen LogP contribution in [-0.2, 0) is 0 Å².